The number of amides is 12. The number of likely N-dealkylation sites (N-methyl/N-ethyl adjacent to an activating group) is 7. The zero-order valence-electron chi connectivity index (χ0n) is 63.5. The van der Waals surface area contributed by atoms with Gasteiger partial charge < -0.3 is 80.2 Å². The maximum absolute atomic E-state index is 15.4. The molecule has 2 fully saturated rings. The number of morpholine rings is 1. The number of carbonyl (C=O) groups excluding carboxylic acids is 12. The van der Waals surface area contributed by atoms with Crippen molar-refractivity contribution in [2.75, 3.05) is 102 Å². The zero-order valence-corrected chi connectivity index (χ0v) is 63.5. The normalized spacial score (nSPS) is 26.9. The van der Waals surface area contributed by atoms with Gasteiger partial charge in [0.2, 0.25) is 65.0 Å². The number of rotatable bonds is 21. The first kappa shape index (κ1) is 87.4. The van der Waals surface area contributed by atoms with Crippen LogP contribution in [0.4, 0.5) is 4.79 Å². The minimum atomic E-state index is -1.77. The van der Waals surface area contributed by atoms with Crippen LogP contribution in [0, 0.1) is 35.5 Å². The molecule has 2 heterocycles. The summed E-state index contributed by atoms with van der Waals surface area (Å²) in [5.41, 5.74) is 0. The van der Waals surface area contributed by atoms with Gasteiger partial charge in [-0.1, -0.05) is 83.1 Å². The monoisotopic (exact) mass is 1390 g/mol. The van der Waals surface area contributed by atoms with E-state index in [4.69, 9.17) is 14.2 Å². The van der Waals surface area contributed by atoms with E-state index < -0.39 is 167 Å². The molecule has 0 aromatic carbocycles. The predicted octanol–water partition coefficient (Wildman–Crippen LogP) is 1.91. The van der Waals surface area contributed by atoms with Gasteiger partial charge in [0.1, 0.15) is 66.5 Å². The van der Waals surface area contributed by atoms with Gasteiger partial charge in [-0.15, -0.1) is 0 Å². The van der Waals surface area contributed by atoms with Crippen LogP contribution in [0.1, 0.15) is 156 Å². The molecule has 562 valence electrons. The molecule has 29 heteroatoms. The fraction of sp³-hybridized carbons (Fsp3) is 0.826. The summed E-state index contributed by atoms with van der Waals surface area (Å²) in [5, 5.41) is 25.7. The van der Waals surface area contributed by atoms with Crippen LogP contribution in [0.5, 0.6) is 0 Å². The third-order valence-electron chi connectivity index (χ3n) is 18.9. The molecule has 0 aromatic heterocycles. The van der Waals surface area contributed by atoms with Crippen molar-refractivity contribution in [1.29, 1.82) is 0 Å². The summed E-state index contributed by atoms with van der Waals surface area (Å²) in [7, 11) is 11.1. The molecular weight excluding hydrogens is 1270 g/mol. The number of hydrogen-bond donors (Lipinski definition) is 6. The Kier molecular flexibility index (Phi) is 36.7. The minimum absolute atomic E-state index is 0.00133. The molecule has 2 aliphatic heterocycles. The fourth-order valence-corrected chi connectivity index (χ4v) is 12.4. The first-order chi connectivity index (χ1) is 45.6. The van der Waals surface area contributed by atoms with Crippen molar-refractivity contribution in [2.24, 2.45) is 35.5 Å². The Labute approximate surface area is 583 Å². The lowest BCUT2D eigenvalue weighted by Gasteiger charge is -2.41. The van der Waals surface area contributed by atoms with E-state index in [-0.39, 0.29) is 63.1 Å². The Bertz CT molecular complexity index is 2660. The molecule has 98 heavy (non-hydrogen) atoms. The van der Waals surface area contributed by atoms with Gasteiger partial charge in [0, 0.05) is 76.1 Å². The molecule has 2 rings (SSSR count). The topological polar surface area (TPSA) is 339 Å². The highest BCUT2D eigenvalue weighted by Crippen LogP contribution is 2.26. The van der Waals surface area contributed by atoms with Crippen molar-refractivity contribution >= 4 is 71.1 Å². The molecule has 0 aromatic rings. The molecular formula is C69H125N13O16. The van der Waals surface area contributed by atoms with Crippen molar-refractivity contribution < 1.29 is 76.9 Å². The average Bonchev–Trinajstić information content (AvgIpc) is 0.805. The summed E-state index contributed by atoms with van der Waals surface area (Å²) >= 11 is 0. The Hall–Kier alpha value is -6.72. The van der Waals surface area contributed by atoms with Gasteiger partial charge in [-0.3, -0.25) is 57.6 Å². The van der Waals surface area contributed by atoms with E-state index in [0.29, 0.717) is 19.6 Å². The second-order valence-corrected chi connectivity index (χ2v) is 28.9. The van der Waals surface area contributed by atoms with Crippen molar-refractivity contribution in [3.8, 4) is 0 Å². The second kappa shape index (κ2) is 41.1. The van der Waals surface area contributed by atoms with Gasteiger partial charge in [-0.05, 0) is 115 Å². The van der Waals surface area contributed by atoms with Gasteiger partial charge in [0.15, 0.2) is 0 Å². The van der Waals surface area contributed by atoms with Crippen molar-refractivity contribution in [2.45, 2.75) is 234 Å². The van der Waals surface area contributed by atoms with Gasteiger partial charge in [0.25, 0.3) is 0 Å². The molecule has 29 nitrogen and oxygen atoms in total. The molecule has 0 bridgehead atoms. The van der Waals surface area contributed by atoms with Gasteiger partial charge in [0.05, 0.1) is 32.0 Å². The molecule has 0 saturated carbocycles. The van der Waals surface area contributed by atoms with Crippen LogP contribution < -0.4 is 26.6 Å². The lowest BCUT2D eigenvalue weighted by molar-refractivity contribution is -0.157. The number of ether oxygens (including phenoxy) is 3. The molecule has 0 radical (unpaired) electrons. The lowest BCUT2D eigenvalue weighted by atomic mass is 9.91. The standard InChI is InChI=1S/C69H125N13O16/c1-25-49-64(90)75(18)47(15)63(89)80(23)55(48(16)97-32-27-26-29-82-30-34-96-35-31-82)60(86)74-53(42(8)9)67(93)76(19)50(36-39(2)3)59(85)71-45(13)58(84)72-46(14)62(88)77(20)51(37-40(4)5)65(91)78(21)52(38-41(6)7)66(92)79(22)54(43(10)11)68(94)81(24)56(61(87)73-49)57(83)44(12)28-33-98-69(95)70-17/h39-57,83H,25-38H2,1-24H3,(H,70,95)(H,71,85)(H,72,84)(H,73,87)(H,74,86)/t44-,45+,46-,47-,48-,49+,50+,51+,52+,53+,54+,55+,56+,57-/m1/s1. The number of nitrogens with zero attached hydrogens (tertiary/aromatic N) is 8. The Morgan fingerprint density at radius 2 is 1.00 bits per heavy atom. The maximum atomic E-state index is 15.4. The SMILES string of the molecule is CC[C@@H]1NC(=O)[C@H]([C@H](O)[C@H](C)CCOC(=O)NC)N(C)C(=O)[C@H](C(C)C)N(C)C(=O)[C@H](CC(C)C)N(C)C(=O)[C@H](CC(C)C)N(C)C(=O)[C@@H](C)NC(=O)[C@H](C)NC(=O)[C@H](CC(C)C)N(C)C(=O)[C@H](C(C)C)NC(=O)[C@H]([C@@H](C)OCCCCN2CCOCC2)N(C)C(=O)[C@@H](C)N(C)C1=O. The van der Waals surface area contributed by atoms with E-state index in [1.54, 1.807) is 48.5 Å². The van der Waals surface area contributed by atoms with Crippen molar-refractivity contribution in [3.05, 3.63) is 0 Å². The first-order valence-corrected chi connectivity index (χ1v) is 35.1. The van der Waals surface area contributed by atoms with Gasteiger partial charge in [-0.25, -0.2) is 4.79 Å². The number of nitrogens with one attached hydrogen (secondary N) is 5. The highest BCUT2D eigenvalue weighted by atomic mass is 16.5. The molecule has 2 saturated heterocycles. The summed E-state index contributed by atoms with van der Waals surface area (Å²) in [4.78, 5) is 186. The molecule has 12 amide bonds. The molecule has 0 spiro atoms. The summed E-state index contributed by atoms with van der Waals surface area (Å²) in [6.07, 6.45) is -1.82. The highest BCUT2D eigenvalue weighted by molar-refractivity contribution is 6.00. The van der Waals surface area contributed by atoms with Crippen LogP contribution >= 0.6 is 0 Å². The van der Waals surface area contributed by atoms with Crippen LogP contribution in [0.25, 0.3) is 0 Å². The lowest BCUT2D eigenvalue weighted by Crippen LogP contribution is -2.64. The van der Waals surface area contributed by atoms with Gasteiger partial charge >= 0.3 is 6.09 Å². The van der Waals surface area contributed by atoms with E-state index in [2.05, 4.69) is 31.5 Å². The number of unbranched alkanes of at least 4 members (excludes halogenated alkanes) is 1. The summed E-state index contributed by atoms with van der Waals surface area (Å²) in [5.74, 6) is -10.8. The van der Waals surface area contributed by atoms with Crippen LogP contribution in [-0.4, -0.2) is 296 Å². The molecule has 0 aliphatic carbocycles. The van der Waals surface area contributed by atoms with Crippen molar-refractivity contribution in [1.82, 2.24) is 65.8 Å². The third kappa shape index (κ3) is 24.9. The highest BCUT2D eigenvalue weighted by Gasteiger charge is 2.47. The largest absolute Gasteiger partial charge is 0.450 e. The van der Waals surface area contributed by atoms with E-state index in [9.17, 15) is 38.7 Å². The van der Waals surface area contributed by atoms with E-state index in [0.717, 1.165) is 40.8 Å². The summed E-state index contributed by atoms with van der Waals surface area (Å²) < 4.78 is 17.1. The average molecular weight is 1390 g/mol. The number of aliphatic hydroxyl groups is 1. The summed E-state index contributed by atoms with van der Waals surface area (Å²) in [6.45, 7) is 30.6. The first-order valence-electron chi connectivity index (χ1n) is 35.1. The van der Waals surface area contributed by atoms with Crippen LogP contribution in [-0.2, 0) is 67.0 Å². The minimum Gasteiger partial charge on any atom is -0.450 e. The quantitative estimate of drug-likeness (QED) is 0.0894. The number of carbonyl (C=O) groups is 12. The smallest absolute Gasteiger partial charge is 0.406 e. The van der Waals surface area contributed by atoms with Crippen LogP contribution in [0.3, 0.4) is 0 Å². The maximum Gasteiger partial charge on any atom is 0.406 e. The fourth-order valence-electron chi connectivity index (χ4n) is 12.4. The summed E-state index contributed by atoms with van der Waals surface area (Å²) in [6, 6.07) is -14.7. The molecule has 6 N–H and O–H groups in total. The van der Waals surface area contributed by atoms with Gasteiger partial charge in [-0.2, -0.15) is 0 Å². The molecule has 2 aliphatic rings. The van der Waals surface area contributed by atoms with E-state index in [1.807, 2.05) is 41.5 Å². The number of hydrogen-bond acceptors (Lipinski definition) is 17. The van der Waals surface area contributed by atoms with Crippen molar-refractivity contribution in [3.63, 3.8) is 0 Å². The van der Waals surface area contributed by atoms with Crippen LogP contribution in [0.2, 0.25) is 0 Å². The van der Waals surface area contributed by atoms with E-state index >= 15 is 24.0 Å². The number of aliphatic hydroxyl groups excluding tert-OH is 1. The molecule has 0 unspecified atom stereocenters. The number of alkyl carbamates (subject to hydrolysis) is 1. The Morgan fingerprint density at radius 3 is 1.51 bits per heavy atom. The Morgan fingerprint density at radius 1 is 0.520 bits per heavy atom. The third-order valence-corrected chi connectivity index (χ3v) is 18.9. The van der Waals surface area contributed by atoms with Crippen LogP contribution in [0.15, 0.2) is 0 Å². The Balaban J connectivity index is 3.03. The van der Waals surface area contributed by atoms with E-state index in [1.165, 1.54) is 96.8 Å². The second-order valence-electron chi connectivity index (χ2n) is 28.9. The predicted molar refractivity (Wildman–Crippen MR) is 371 cm³/mol. The molecule has 14 atom stereocenters. The zero-order chi connectivity index (χ0) is 75.1.